The van der Waals surface area contributed by atoms with E-state index in [4.69, 9.17) is 9.47 Å². The number of carbonyl (C=O) groups is 2. The molecule has 0 atom stereocenters. The number of amides is 2. The number of para-hydroxylation sites is 3. The third-order valence-electron chi connectivity index (χ3n) is 3.66. The zero-order valence-corrected chi connectivity index (χ0v) is 15.5. The maximum absolute atomic E-state index is 11.8. The topological polar surface area (TPSA) is 120 Å². The van der Waals surface area contributed by atoms with E-state index in [1.807, 2.05) is 26.0 Å². The number of ether oxygens (including phenoxy) is 2. The Balaban J connectivity index is 1.77. The van der Waals surface area contributed by atoms with Gasteiger partial charge in [0.25, 0.3) is 11.8 Å². The minimum atomic E-state index is -0.672. The number of nitrogens with zero attached hydrogens (tertiary/aromatic N) is 1. The second kappa shape index (κ2) is 9.91. The number of nitro groups is 1. The molecule has 9 heteroatoms. The Bertz CT molecular complexity index is 853. The van der Waals surface area contributed by atoms with Gasteiger partial charge in [-0.2, -0.15) is 0 Å². The van der Waals surface area contributed by atoms with E-state index in [1.165, 1.54) is 18.2 Å². The first-order valence-electron chi connectivity index (χ1n) is 8.54. The lowest BCUT2D eigenvalue weighted by molar-refractivity contribution is -0.385. The van der Waals surface area contributed by atoms with Gasteiger partial charge in [-0.15, -0.1) is 0 Å². The molecule has 0 unspecified atom stereocenters. The molecule has 0 spiro atoms. The molecule has 148 valence electrons. The van der Waals surface area contributed by atoms with Gasteiger partial charge in [-0.25, -0.2) is 0 Å². The van der Waals surface area contributed by atoms with Crippen molar-refractivity contribution in [2.45, 2.75) is 19.8 Å². The maximum atomic E-state index is 11.8. The molecule has 9 nitrogen and oxygen atoms in total. The molecule has 2 rings (SSSR count). The van der Waals surface area contributed by atoms with E-state index in [9.17, 15) is 19.7 Å². The minimum absolute atomic E-state index is 0.0393. The maximum Gasteiger partial charge on any atom is 0.310 e. The van der Waals surface area contributed by atoms with Crippen molar-refractivity contribution < 1.29 is 24.0 Å². The van der Waals surface area contributed by atoms with Crippen LogP contribution < -0.4 is 20.3 Å². The summed E-state index contributed by atoms with van der Waals surface area (Å²) in [5.74, 6) is -0.439. The number of benzene rings is 2. The van der Waals surface area contributed by atoms with Crippen LogP contribution in [0, 0.1) is 10.1 Å². The molecule has 28 heavy (non-hydrogen) atoms. The SMILES string of the molecule is CC(C)c1ccccc1OCC(=O)NNC(=O)COc1ccccc1[N+](=O)[O-]. The average molecular weight is 387 g/mol. The van der Waals surface area contributed by atoms with Gasteiger partial charge in [-0.3, -0.25) is 30.6 Å². The summed E-state index contributed by atoms with van der Waals surface area (Å²) in [6.45, 7) is 3.25. The number of rotatable bonds is 8. The molecule has 0 radical (unpaired) electrons. The fourth-order valence-electron chi connectivity index (χ4n) is 2.32. The molecule has 0 aliphatic carbocycles. The molecular formula is C19H21N3O6. The average Bonchev–Trinajstić information content (AvgIpc) is 2.69. The van der Waals surface area contributed by atoms with Gasteiger partial charge in [-0.1, -0.05) is 44.2 Å². The van der Waals surface area contributed by atoms with Crippen molar-refractivity contribution in [3.8, 4) is 11.5 Å². The smallest absolute Gasteiger partial charge is 0.310 e. The van der Waals surface area contributed by atoms with Gasteiger partial charge in [0.1, 0.15) is 5.75 Å². The summed E-state index contributed by atoms with van der Waals surface area (Å²) in [5, 5.41) is 10.9. The standard InChI is InChI=1S/C19H21N3O6/c1-13(2)14-7-3-5-9-16(14)27-11-18(23)20-21-19(24)12-28-17-10-6-4-8-15(17)22(25)26/h3-10,13H,11-12H2,1-2H3,(H,20,23)(H,21,24). The molecule has 0 saturated heterocycles. The molecule has 0 heterocycles. The van der Waals surface area contributed by atoms with E-state index < -0.39 is 23.3 Å². The van der Waals surface area contributed by atoms with Crippen molar-refractivity contribution in [3.05, 3.63) is 64.2 Å². The summed E-state index contributed by atoms with van der Waals surface area (Å²) in [7, 11) is 0. The van der Waals surface area contributed by atoms with E-state index in [-0.39, 0.29) is 24.0 Å². The molecule has 2 aromatic carbocycles. The predicted molar refractivity (Wildman–Crippen MR) is 101 cm³/mol. The molecule has 2 amide bonds. The summed E-state index contributed by atoms with van der Waals surface area (Å²) >= 11 is 0. The van der Waals surface area contributed by atoms with Crippen LogP contribution in [0.2, 0.25) is 0 Å². The Morgan fingerprint density at radius 1 is 0.929 bits per heavy atom. The first-order valence-corrected chi connectivity index (χ1v) is 8.54. The zero-order valence-electron chi connectivity index (χ0n) is 15.5. The van der Waals surface area contributed by atoms with Crippen LogP contribution >= 0.6 is 0 Å². The van der Waals surface area contributed by atoms with E-state index in [1.54, 1.807) is 18.2 Å². The number of nitro benzene ring substituents is 1. The first-order chi connectivity index (χ1) is 13.4. The number of hydrogen-bond donors (Lipinski definition) is 2. The number of nitrogens with one attached hydrogen (secondary N) is 2. The van der Waals surface area contributed by atoms with Crippen LogP contribution in [-0.4, -0.2) is 30.0 Å². The Morgan fingerprint density at radius 2 is 1.43 bits per heavy atom. The molecule has 0 aromatic heterocycles. The summed E-state index contributed by atoms with van der Waals surface area (Å²) in [6.07, 6.45) is 0. The highest BCUT2D eigenvalue weighted by atomic mass is 16.6. The Labute approximate surface area is 161 Å². The number of hydrogen-bond acceptors (Lipinski definition) is 6. The summed E-state index contributed by atoms with van der Waals surface area (Å²) in [6, 6.07) is 13.1. The first kappa shape index (κ1) is 20.7. The molecule has 0 aliphatic heterocycles. The Kier molecular flexibility index (Phi) is 7.32. The van der Waals surface area contributed by atoms with Crippen molar-refractivity contribution >= 4 is 17.5 Å². The number of carbonyl (C=O) groups excluding carboxylic acids is 2. The van der Waals surface area contributed by atoms with E-state index in [2.05, 4.69) is 10.9 Å². The fourth-order valence-corrected chi connectivity index (χ4v) is 2.32. The monoisotopic (exact) mass is 387 g/mol. The molecule has 0 fully saturated rings. The van der Waals surface area contributed by atoms with Gasteiger partial charge in [0.05, 0.1) is 4.92 Å². The van der Waals surface area contributed by atoms with Crippen LogP contribution in [0.3, 0.4) is 0 Å². The van der Waals surface area contributed by atoms with E-state index in [0.717, 1.165) is 5.56 Å². The number of hydrazine groups is 1. The normalized spacial score (nSPS) is 10.2. The van der Waals surface area contributed by atoms with Gasteiger partial charge in [0.2, 0.25) is 0 Å². The zero-order chi connectivity index (χ0) is 20.5. The lowest BCUT2D eigenvalue weighted by Crippen LogP contribution is -2.45. The van der Waals surface area contributed by atoms with Gasteiger partial charge in [-0.05, 0) is 23.6 Å². The molecular weight excluding hydrogens is 366 g/mol. The van der Waals surface area contributed by atoms with Gasteiger partial charge < -0.3 is 9.47 Å². The van der Waals surface area contributed by atoms with Crippen molar-refractivity contribution in [2.75, 3.05) is 13.2 Å². The van der Waals surface area contributed by atoms with E-state index in [0.29, 0.717) is 5.75 Å². The molecule has 0 bridgehead atoms. The van der Waals surface area contributed by atoms with Crippen LogP contribution in [0.25, 0.3) is 0 Å². The summed E-state index contributed by atoms with van der Waals surface area (Å²) in [5.41, 5.74) is 5.08. The van der Waals surface area contributed by atoms with Crippen molar-refractivity contribution in [1.29, 1.82) is 0 Å². The molecule has 2 N–H and O–H groups in total. The van der Waals surface area contributed by atoms with Gasteiger partial charge in [0, 0.05) is 6.07 Å². The van der Waals surface area contributed by atoms with Crippen LogP contribution in [0.15, 0.2) is 48.5 Å². The Hall–Kier alpha value is -3.62. The highest BCUT2D eigenvalue weighted by Crippen LogP contribution is 2.26. The quantitative estimate of drug-likeness (QED) is 0.530. The van der Waals surface area contributed by atoms with Crippen molar-refractivity contribution in [3.63, 3.8) is 0 Å². The van der Waals surface area contributed by atoms with E-state index >= 15 is 0 Å². The highest BCUT2D eigenvalue weighted by molar-refractivity contribution is 5.83. The second-order valence-corrected chi connectivity index (χ2v) is 6.09. The third-order valence-corrected chi connectivity index (χ3v) is 3.66. The summed E-state index contributed by atoms with van der Waals surface area (Å²) < 4.78 is 10.6. The fraction of sp³-hybridized carbons (Fsp3) is 0.263. The molecule has 0 aliphatic rings. The Morgan fingerprint density at radius 3 is 2.00 bits per heavy atom. The molecule has 2 aromatic rings. The lowest BCUT2D eigenvalue weighted by atomic mass is 10.0. The van der Waals surface area contributed by atoms with Gasteiger partial charge in [0.15, 0.2) is 19.0 Å². The predicted octanol–water partition coefficient (Wildman–Crippen LogP) is 2.32. The second-order valence-electron chi connectivity index (χ2n) is 6.09. The lowest BCUT2D eigenvalue weighted by Gasteiger charge is -2.14. The minimum Gasteiger partial charge on any atom is -0.483 e. The molecule has 0 saturated carbocycles. The van der Waals surface area contributed by atoms with Crippen LogP contribution in [0.1, 0.15) is 25.3 Å². The third kappa shape index (κ3) is 5.97. The van der Waals surface area contributed by atoms with Crippen molar-refractivity contribution in [1.82, 2.24) is 10.9 Å². The van der Waals surface area contributed by atoms with Crippen molar-refractivity contribution in [2.24, 2.45) is 0 Å². The largest absolute Gasteiger partial charge is 0.483 e. The van der Waals surface area contributed by atoms with Gasteiger partial charge >= 0.3 is 5.69 Å². The van der Waals surface area contributed by atoms with Crippen LogP contribution in [0.4, 0.5) is 5.69 Å². The van der Waals surface area contributed by atoms with Crippen LogP contribution in [-0.2, 0) is 9.59 Å². The highest BCUT2D eigenvalue weighted by Gasteiger charge is 2.15. The summed E-state index contributed by atoms with van der Waals surface area (Å²) in [4.78, 5) is 33.9. The van der Waals surface area contributed by atoms with Crippen LogP contribution in [0.5, 0.6) is 11.5 Å².